The first-order chi connectivity index (χ1) is 9.33. The van der Waals surface area contributed by atoms with Crippen LogP contribution in [0, 0.1) is 0 Å². The van der Waals surface area contributed by atoms with Gasteiger partial charge in [0, 0.05) is 23.0 Å². The summed E-state index contributed by atoms with van der Waals surface area (Å²) in [6.45, 7) is 1.97. The summed E-state index contributed by atoms with van der Waals surface area (Å²) < 4.78 is 41.6. The molecule has 1 atom stereocenters. The first kappa shape index (κ1) is 17.1. The van der Waals surface area contributed by atoms with Gasteiger partial charge >= 0.3 is 6.18 Å². The fourth-order valence-electron chi connectivity index (χ4n) is 1.73. The predicted molar refractivity (Wildman–Crippen MR) is 74.2 cm³/mol. The zero-order chi connectivity index (χ0) is 15.2. The van der Waals surface area contributed by atoms with Crippen LogP contribution >= 0.6 is 11.6 Å². The van der Waals surface area contributed by atoms with E-state index in [1.54, 1.807) is 18.2 Å². The highest BCUT2D eigenvalue weighted by molar-refractivity contribution is 6.31. The number of nitrogens with two attached hydrogens (primary N) is 1. The van der Waals surface area contributed by atoms with Crippen molar-refractivity contribution in [1.82, 2.24) is 0 Å². The van der Waals surface area contributed by atoms with Gasteiger partial charge in [-0.2, -0.15) is 13.2 Å². The Kier molecular flexibility index (Phi) is 6.62. The number of halogens is 4. The Bertz CT molecular complexity index is 423. The summed E-state index contributed by atoms with van der Waals surface area (Å²) in [5.74, 6) is 0.517. The van der Waals surface area contributed by atoms with Crippen LogP contribution in [0.15, 0.2) is 18.2 Å². The van der Waals surface area contributed by atoms with Crippen molar-refractivity contribution in [3.05, 3.63) is 28.8 Å². The van der Waals surface area contributed by atoms with E-state index >= 15 is 0 Å². The van der Waals surface area contributed by atoms with Gasteiger partial charge in [-0.05, 0) is 31.4 Å². The maximum Gasteiger partial charge on any atom is 0.389 e. The summed E-state index contributed by atoms with van der Waals surface area (Å²) in [6, 6.07) is 5.09. The molecule has 1 aromatic carbocycles. The second kappa shape index (κ2) is 7.74. The molecule has 1 aromatic rings. The maximum absolute atomic E-state index is 12.0. The number of alkyl halides is 3. The van der Waals surface area contributed by atoms with E-state index in [0.717, 1.165) is 12.0 Å². The number of rotatable bonds is 7. The number of hydrogen-bond donors (Lipinski definition) is 1. The van der Waals surface area contributed by atoms with Crippen LogP contribution in [-0.2, 0) is 6.42 Å². The summed E-state index contributed by atoms with van der Waals surface area (Å²) in [7, 11) is 0. The van der Waals surface area contributed by atoms with Crippen LogP contribution in [0.25, 0.3) is 0 Å². The van der Waals surface area contributed by atoms with Gasteiger partial charge in [0.05, 0.1) is 6.61 Å². The van der Waals surface area contributed by atoms with E-state index in [1.807, 2.05) is 6.92 Å². The molecule has 0 radical (unpaired) electrons. The van der Waals surface area contributed by atoms with Crippen LogP contribution in [-0.4, -0.2) is 18.8 Å². The standard InChI is InChI=1S/C14H19ClF3NO/c1-2-10(19)9-11-12(15)5-3-6-13(11)20-8-4-7-14(16,17)18/h3,5-6,10H,2,4,7-9,19H2,1H3. The quantitative estimate of drug-likeness (QED) is 0.760. The van der Waals surface area contributed by atoms with E-state index in [2.05, 4.69) is 0 Å². The lowest BCUT2D eigenvalue weighted by Gasteiger charge is -2.16. The molecule has 0 saturated carbocycles. The van der Waals surface area contributed by atoms with Crippen LogP contribution in [0.1, 0.15) is 31.7 Å². The third-order valence-electron chi connectivity index (χ3n) is 2.93. The second-order valence-electron chi connectivity index (χ2n) is 4.66. The molecule has 20 heavy (non-hydrogen) atoms. The molecule has 0 spiro atoms. The third-order valence-corrected chi connectivity index (χ3v) is 3.28. The van der Waals surface area contributed by atoms with Crippen LogP contribution in [0.3, 0.4) is 0 Å². The average Bonchev–Trinajstić information content (AvgIpc) is 2.36. The molecule has 0 aromatic heterocycles. The van der Waals surface area contributed by atoms with Crippen LogP contribution < -0.4 is 10.5 Å². The van der Waals surface area contributed by atoms with E-state index in [1.165, 1.54) is 0 Å². The topological polar surface area (TPSA) is 35.2 Å². The predicted octanol–water partition coefficient (Wildman–Crippen LogP) is 4.34. The van der Waals surface area contributed by atoms with Gasteiger partial charge in [-0.25, -0.2) is 0 Å². The molecule has 2 N–H and O–H groups in total. The maximum atomic E-state index is 12.0. The molecule has 114 valence electrons. The van der Waals surface area contributed by atoms with Gasteiger partial charge in [0.2, 0.25) is 0 Å². The fourth-order valence-corrected chi connectivity index (χ4v) is 1.98. The highest BCUT2D eigenvalue weighted by Crippen LogP contribution is 2.28. The summed E-state index contributed by atoms with van der Waals surface area (Å²) >= 11 is 6.10. The van der Waals surface area contributed by atoms with Crippen LogP contribution in [0.5, 0.6) is 5.75 Å². The number of benzene rings is 1. The number of hydrogen-bond acceptors (Lipinski definition) is 2. The average molecular weight is 310 g/mol. The van der Waals surface area contributed by atoms with Crippen molar-refractivity contribution in [1.29, 1.82) is 0 Å². The molecule has 0 aliphatic rings. The van der Waals surface area contributed by atoms with E-state index in [9.17, 15) is 13.2 Å². The number of ether oxygens (including phenoxy) is 1. The Morgan fingerprint density at radius 3 is 2.65 bits per heavy atom. The monoisotopic (exact) mass is 309 g/mol. The molecule has 0 saturated heterocycles. The van der Waals surface area contributed by atoms with E-state index < -0.39 is 12.6 Å². The Hall–Kier alpha value is -0.940. The molecule has 2 nitrogen and oxygen atoms in total. The van der Waals surface area contributed by atoms with Crippen molar-refractivity contribution >= 4 is 11.6 Å². The van der Waals surface area contributed by atoms with Gasteiger partial charge in [0.1, 0.15) is 5.75 Å². The third kappa shape index (κ3) is 6.01. The molecule has 0 fully saturated rings. The van der Waals surface area contributed by atoms with Crippen molar-refractivity contribution in [2.24, 2.45) is 5.73 Å². The Labute approximate surface area is 122 Å². The van der Waals surface area contributed by atoms with Crippen molar-refractivity contribution in [2.45, 2.75) is 44.8 Å². The molecule has 1 unspecified atom stereocenters. The SMILES string of the molecule is CCC(N)Cc1c(Cl)cccc1OCCCC(F)(F)F. The smallest absolute Gasteiger partial charge is 0.389 e. The van der Waals surface area contributed by atoms with Crippen molar-refractivity contribution < 1.29 is 17.9 Å². The zero-order valence-electron chi connectivity index (χ0n) is 11.3. The zero-order valence-corrected chi connectivity index (χ0v) is 12.1. The lowest BCUT2D eigenvalue weighted by atomic mass is 10.0. The molecule has 1 rings (SSSR count). The Morgan fingerprint density at radius 2 is 2.05 bits per heavy atom. The first-order valence-electron chi connectivity index (χ1n) is 6.56. The van der Waals surface area contributed by atoms with E-state index in [4.69, 9.17) is 22.1 Å². The van der Waals surface area contributed by atoms with Gasteiger partial charge in [-0.15, -0.1) is 0 Å². The summed E-state index contributed by atoms with van der Waals surface area (Å²) in [5, 5.41) is 0.530. The van der Waals surface area contributed by atoms with Gasteiger partial charge in [-0.3, -0.25) is 0 Å². The summed E-state index contributed by atoms with van der Waals surface area (Å²) in [6.07, 6.45) is -3.73. The summed E-state index contributed by atoms with van der Waals surface area (Å²) in [5.41, 5.74) is 6.65. The molecule has 0 heterocycles. The summed E-state index contributed by atoms with van der Waals surface area (Å²) in [4.78, 5) is 0. The minimum Gasteiger partial charge on any atom is -0.493 e. The van der Waals surface area contributed by atoms with Gasteiger partial charge in [0.15, 0.2) is 0 Å². The lowest BCUT2D eigenvalue weighted by molar-refractivity contribution is -0.136. The van der Waals surface area contributed by atoms with E-state index in [0.29, 0.717) is 17.2 Å². The Morgan fingerprint density at radius 1 is 1.35 bits per heavy atom. The molecular formula is C14H19ClF3NO. The van der Waals surface area contributed by atoms with Gasteiger partial charge in [0.25, 0.3) is 0 Å². The van der Waals surface area contributed by atoms with Crippen LogP contribution in [0.2, 0.25) is 5.02 Å². The van der Waals surface area contributed by atoms with Crippen molar-refractivity contribution in [2.75, 3.05) is 6.61 Å². The van der Waals surface area contributed by atoms with Crippen molar-refractivity contribution in [3.8, 4) is 5.75 Å². The second-order valence-corrected chi connectivity index (χ2v) is 5.06. The highest BCUT2D eigenvalue weighted by atomic mass is 35.5. The normalized spacial score (nSPS) is 13.3. The molecule has 0 aliphatic carbocycles. The molecule has 0 amide bonds. The first-order valence-corrected chi connectivity index (χ1v) is 6.93. The fraction of sp³-hybridized carbons (Fsp3) is 0.571. The van der Waals surface area contributed by atoms with Gasteiger partial charge in [-0.1, -0.05) is 24.6 Å². The van der Waals surface area contributed by atoms with Crippen molar-refractivity contribution in [3.63, 3.8) is 0 Å². The lowest BCUT2D eigenvalue weighted by Crippen LogP contribution is -2.22. The van der Waals surface area contributed by atoms with Gasteiger partial charge < -0.3 is 10.5 Å². The van der Waals surface area contributed by atoms with E-state index in [-0.39, 0.29) is 19.1 Å². The van der Waals surface area contributed by atoms with Crippen LogP contribution in [0.4, 0.5) is 13.2 Å². The molecular weight excluding hydrogens is 291 g/mol. The highest BCUT2D eigenvalue weighted by Gasteiger charge is 2.26. The Balaban J connectivity index is 2.62. The molecule has 6 heteroatoms. The minimum absolute atomic E-state index is 0.00815. The molecule has 0 aliphatic heterocycles. The molecule has 0 bridgehead atoms. The minimum atomic E-state index is -4.15. The largest absolute Gasteiger partial charge is 0.493 e.